The van der Waals surface area contributed by atoms with Crippen LogP contribution in [-0.4, -0.2) is 35.0 Å². The minimum Gasteiger partial charge on any atom is -0.463 e. The molecule has 0 unspecified atom stereocenters. The van der Waals surface area contributed by atoms with Crippen LogP contribution in [0.15, 0.2) is 24.3 Å². The van der Waals surface area contributed by atoms with Gasteiger partial charge < -0.3 is 14.9 Å². The topological polar surface area (TPSA) is 66.8 Å². The maximum absolute atomic E-state index is 11.9. The molecule has 0 aromatic carbocycles. The van der Waals surface area contributed by atoms with E-state index in [9.17, 15) is 15.0 Å². The van der Waals surface area contributed by atoms with Gasteiger partial charge >= 0.3 is 5.97 Å². The highest BCUT2D eigenvalue weighted by molar-refractivity contribution is 5.88. The third-order valence-electron chi connectivity index (χ3n) is 5.38. The van der Waals surface area contributed by atoms with Crippen LogP contribution >= 0.6 is 0 Å². The normalized spacial score (nSPS) is 39.5. The molecule has 0 saturated heterocycles. The van der Waals surface area contributed by atoms with Crippen molar-refractivity contribution in [3.05, 3.63) is 24.3 Å². The van der Waals surface area contributed by atoms with Gasteiger partial charge in [-0.05, 0) is 32.6 Å². The van der Waals surface area contributed by atoms with Gasteiger partial charge in [-0.1, -0.05) is 25.7 Å². The van der Waals surface area contributed by atoms with Gasteiger partial charge in [0, 0.05) is 22.8 Å². The van der Waals surface area contributed by atoms with Gasteiger partial charge in [-0.3, -0.25) is 0 Å². The average molecular weight is 294 g/mol. The molecule has 0 amide bonds. The van der Waals surface area contributed by atoms with E-state index >= 15 is 0 Å². The summed E-state index contributed by atoms with van der Waals surface area (Å²) < 4.78 is 4.99. The lowest BCUT2D eigenvalue weighted by Gasteiger charge is -2.53. The molecule has 4 nitrogen and oxygen atoms in total. The van der Waals surface area contributed by atoms with Crippen molar-refractivity contribution >= 4 is 5.97 Å². The molecule has 0 aromatic rings. The summed E-state index contributed by atoms with van der Waals surface area (Å²) in [5.74, 6) is -0.942. The van der Waals surface area contributed by atoms with E-state index in [4.69, 9.17) is 4.74 Å². The first-order valence-electron chi connectivity index (χ1n) is 7.72. The molecule has 5 atom stereocenters. The van der Waals surface area contributed by atoms with E-state index in [2.05, 4.69) is 13.2 Å². The number of ether oxygens (including phenoxy) is 1. The summed E-state index contributed by atoms with van der Waals surface area (Å²) in [6, 6.07) is 0. The maximum atomic E-state index is 11.9. The first-order valence-corrected chi connectivity index (χ1v) is 7.72. The largest absolute Gasteiger partial charge is 0.463 e. The Morgan fingerprint density at radius 1 is 1.43 bits per heavy atom. The van der Waals surface area contributed by atoms with Crippen LogP contribution in [-0.2, 0) is 9.53 Å². The molecule has 0 aromatic heterocycles. The van der Waals surface area contributed by atoms with Crippen molar-refractivity contribution in [1.29, 1.82) is 0 Å². The van der Waals surface area contributed by atoms with Crippen LogP contribution in [0.3, 0.4) is 0 Å². The highest BCUT2D eigenvalue weighted by Crippen LogP contribution is 2.54. The van der Waals surface area contributed by atoms with Crippen LogP contribution in [0.2, 0.25) is 0 Å². The Morgan fingerprint density at radius 3 is 2.71 bits per heavy atom. The number of rotatable bonds is 3. The predicted octanol–water partition coefficient (Wildman–Crippen LogP) is 2.21. The third kappa shape index (κ3) is 2.67. The highest BCUT2D eigenvalue weighted by Gasteiger charge is 2.53. The van der Waals surface area contributed by atoms with Gasteiger partial charge in [0.1, 0.15) is 0 Å². The number of esters is 1. The fourth-order valence-electron chi connectivity index (χ4n) is 4.06. The van der Waals surface area contributed by atoms with Crippen LogP contribution < -0.4 is 0 Å². The second kappa shape index (κ2) is 5.93. The molecule has 2 saturated carbocycles. The number of carbonyl (C=O) groups is 1. The molecule has 2 aliphatic carbocycles. The first kappa shape index (κ1) is 16.2. The summed E-state index contributed by atoms with van der Waals surface area (Å²) in [6.07, 6.45) is 1.63. The zero-order valence-corrected chi connectivity index (χ0v) is 13.0. The molecule has 2 aliphatic rings. The van der Waals surface area contributed by atoms with Gasteiger partial charge in [0.15, 0.2) is 0 Å². The van der Waals surface area contributed by atoms with Crippen molar-refractivity contribution in [2.45, 2.75) is 51.7 Å². The molecule has 0 spiro atoms. The Balaban J connectivity index is 2.22. The Kier molecular flexibility index (Phi) is 4.59. The lowest BCUT2D eigenvalue weighted by atomic mass is 9.54. The molecule has 2 fully saturated rings. The molecule has 118 valence electrons. The number of aliphatic hydroxyl groups excluding tert-OH is 2. The summed E-state index contributed by atoms with van der Waals surface area (Å²) in [5.41, 5.74) is 0.941. The molecular formula is C17H26O4. The number of carbonyl (C=O) groups excluding carboxylic acids is 1. The Bertz CT molecular complexity index is 456. The number of hydrogen-bond donors (Lipinski definition) is 2. The zero-order valence-electron chi connectivity index (χ0n) is 13.0. The van der Waals surface area contributed by atoms with Crippen LogP contribution in [0.4, 0.5) is 0 Å². The van der Waals surface area contributed by atoms with Crippen molar-refractivity contribution in [1.82, 2.24) is 0 Å². The Hall–Kier alpha value is -1.13. The SMILES string of the molecule is C=C1CC[C@@H](O)[C@]2(C)CC[C@@H](C(=C)C(=O)OCC)[C@H](O)[C@@H]12. The maximum Gasteiger partial charge on any atom is 0.333 e. The van der Waals surface area contributed by atoms with E-state index in [1.165, 1.54) is 0 Å². The van der Waals surface area contributed by atoms with Crippen molar-refractivity contribution < 1.29 is 19.7 Å². The second-order valence-corrected chi connectivity index (χ2v) is 6.58. The standard InChI is InChI=1S/C17H26O4/c1-5-21-16(20)11(3)12-8-9-17(4)13(18)7-6-10(2)14(17)15(12)19/h12-15,18-19H,2-3,5-9H2,1,4H3/t12-,13+,14+,15-,17-/m0/s1. The summed E-state index contributed by atoms with van der Waals surface area (Å²) >= 11 is 0. The van der Waals surface area contributed by atoms with Gasteiger partial charge in [-0.15, -0.1) is 0 Å². The van der Waals surface area contributed by atoms with Gasteiger partial charge in [-0.2, -0.15) is 0 Å². The summed E-state index contributed by atoms with van der Waals surface area (Å²) in [4.78, 5) is 11.9. The van der Waals surface area contributed by atoms with Crippen LogP contribution in [0.5, 0.6) is 0 Å². The lowest BCUT2D eigenvalue weighted by molar-refractivity contribution is -0.142. The molecule has 0 heterocycles. The second-order valence-electron chi connectivity index (χ2n) is 6.58. The van der Waals surface area contributed by atoms with E-state index in [1.54, 1.807) is 6.92 Å². The third-order valence-corrected chi connectivity index (χ3v) is 5.38. The molecule has 21 heavy (non-hydrogen) atoms. The summed E-state index contributed by atoms with van der Waals surface area (Å²) in [6.45, 7) is 12.0. The predicted molar refractivity (Wildman–Crippen MR) is 80.5 cm³/mol. The minimum absolute atomic E-state index is 0.189. The average Bonchev–Trinajstić information content (AvgIpc) is 2.43. The molecule has 0 radical (unpaired) electrons. The number of fused-ring (bicyclic) bond motifs is 1. The fourth-order valence-corrected chi connectivity index (χ4v) is 4.06. The number of aliphatic hydroxyl groups is 2. The van der Waals surface area contributed by atoms with E-state index in [-0.39, 0.29) is 17.3 Å². The highest BCUT2D eigenvalue weighted by atomic mass is 16.5. The van der Waals surface area contributed by atoms with Crippen molar-refractivity contribution in [2.24, 2.45) is 17.3 Å². The van der Waals surface area contributed by atoms with Crippen LogP contribution in [0.25, 0.3) is 0 Å². The minimum atomic E-state index is -0.733. The molecule has 4 heteroatoms. The van der Waals surface area contributed by atoms with E-state index in [1.807, 2.05) is 6.92 Å². The zero-order chi connectivity index (χ0) is 15.8. The van der Waals surface area contributed by atoms with Crippen LogP contribution in [0, 0.1) is 17.3 Å². The van der Waals surface area contributed by atoms with E-state index in [0.717, 1.165) is 18.4 Å². The fraction of sp³-hybridized carbons (Fsp3) is 0.706. The first-order chi connectivity index (χ1) is 9.82. The molecule has 0 bridgehead atoms. The van der Waals surface area contributed by atoms with Gasteiger partial charge in [0.05, 0.1) is 18.8 Å². The smallest absolute Gasteiger partial charge is 0.333 e. The molecule has 2 rings (SSSR count). The Labute approximate surface area is 126 Å². The molecular weight excluding hydrogens is 268 g/mol. The van der Waals surface area contributed by atoms with Crippen LogP contribution in [0.1, 0.15) is 39.5 Å². The Morgan fingerprint density at radius 2 is 2.10 bits per heavy atom. The number of hydrogen-bond acceptors (Lipinski definition) is 4. The summed E-state index contributed by atoms with van der Waals surface area (Å²) in [7, 11) is 0. The molecule has 2 N–H and O–H groups in total. The monoisotopic (exact) mass is 294 g/mol. The van der Waals surface area contributed by atoms with Crippen molar-refractivity contribution in [3.63, 3.8) is 0 Å². The van der Waals surface area contributed by atoms with Crippen molar-refractivity contribution in [2.75, 3.05) is 6.61 Å². The lowest BCUT2D eigenvalue weighted by Crippen LogP contribution is -2.54. The quantitative estimate of drug-likeness (QED) is 0.476. The summed E-state index contributed by atoms with van der Waals surface area (Å²) in [5, 5.41) is 21.1. The van der Waals surface area contributed by atoms with Gasteiger partial charge in [0.25, 0.3) is 0 Å². The van der Waals surface area contributed by atoms with Gasteiger partial charge in [-0.25, -0.2) is 4.79 Å². The van der Waals surface area contributed by atoms with Crippen molar-refractivity contribution in [3.8, 4) is 0 Å². The van der Waals surface area contributed by atoms with E-state index in [0.29, 0.717) is 25.0 Å². The van der Waals surface area contributed by atoms with E-state index < -0.39 is 18.2 Å². The molecule has 0 aliphatic heterocycles. The van der Waals surface area contributed by atoms with Gasteiger partial charge in [0.2, 0.25) is 0 Å².